The number of hydrogen-bond donors (Lipinski definition) is 1. The number of benzene rings is 3. The molecule has 9 heteroatoms. The number of nitrogens with one attached hydrogen (secondary N) is 1. The van der Waals surface area contributed by atoms with Crippen LogP contribution in [0.3, 0.4) is 0 Å². The summed E-state index contributed by atoms with van der Waals surface area (Å²) in [6.07, 6.45) is 4.75. The molecule has 0 unspecified atom stereocenters. The Kier molecular flexibility index (Phi) is 9.87. The molecule has 3 aromatic carbocycles. The van der Waals surface area contributed by atoms with Crippen molar-refractivity contribution in [3.63, 3.8) is 0 Å². The SMILES string of the molecule is CCc1ccc(N(CC(=O)N(Cc2cccc(Cl)c2)[C@H](C)C(=O)NC2CCCC2)S(=O)(=O)c2ccccc2)cc1. The minimum absolute atomic E-state index is 0.0794. The average molecular weight is 582 g/mol. The number of amides is 2. The maximum atomic E-state index is 14.0. The van der Waals surface area contributed by atoms with Crippen molar-refractivity contribution in [1.82, 2.24) is 10.2 Å². The number of hydrogen-bond acceptors (Lipinski definition) is 4. The first-order valence-electron chi connectivity index (χ1n) is 13.7. The first-order chi connectivity index (χ1) is 19.2. The Balaban J connectivity index is 1.68. The molecule has 0 aliphatic heterocycles. The van der Waals surface area contributed by atoms with E-state index < -0.39 is 28.5 Å². The van der Waals surface area contributed by atoms with E-state index in [2.05, 4.69) is 5.32 Å². The molecule has 1 aliphatic carbocycles. The van der Waals surface area contributed by atoms with E-state index in [-0.39, 0.29) is 23.4 Å². The van der Waals surface area contributed by atoms with E-state index in [9.17, 15) is 18.0 Å². The van der Waals surface area contributed by atoms with Gasteiger partial charge in [-0.1, -0.05) is 73.8 Å². The molecule has 0 aromatic heterocycles. The molecule has 7 nitrogen and oxygen atoms in total. The van der Waals surface area contributed by atoms with Crippen LogP contribution in [0.2, 0.25) is 5.02 Å². The summed E-state index contributed by atoms with van der Waals surface area (Å²) in [5.74, 6) is -0.750. The maximum Gasteiger partial charge on any atom is 0.264 e. The van der Waals surface area contributed by atoms with Crippen molar-refractivity contribution in [2.24, 2.45) is 0 Å². The van der Waals surface area contributed by atoms with Crippen LogP contribution >= 0.6 is 11.6 Å². The number of sulfonamides is 1. The van der Waals surface area contributed by atoms with Crippen LogP contribution in [0.25, 0.3) is 0 Å². The highest BCUT2D eigenvalue weighted by Gasteiger charge is 2.33. The molecule has 0 heterocycles. The number of rotatable bonds is 11. The van der Waals surface area contributed by atoms with Gasteiger partial charge in [-0.2, -0.15) is 0 Å². The summed E-state index contributed by atoms with van der Waals surface area (Å²) in [7, 11) is -4.08. The van der Waals surface area contributed by atoms with E-state index in [1.165, 1.54) is 17.0 Å². The van der Waals surface area contributed by atoms with Gasteiger partial charge in [-0.3, -0.25) is 13.9 Å². The van der Waals surface area contributed by atoms with E-state index in [0.29, 0.717) is 10.7 Å². The van der Waals surface area contributed by atoms with Crippen LogP contribution in [0.15, 0.2) is 83.8 Å². The summed E-state index contributed by atoms with van der Waals surface area (Å²) in [4.78, 5) is 28.8. The van der Waals surface area contributed by atoms with Crippen molar-refractivity contribution >= 4 is 39.1 Å². The lowest BCUT2D eigenvalue weighted by Crippen LogP contribution is -2.52. The highest BCUT2D eigenvalue weighted by atomic mass is 35.5. The van der Waals surface area contributed by atoms with Crippen LogP contribution < -0.4 is 9.62 Å². The van der Waals surface area contributed by atoms with Crippen molar-refractivity contribution in [3.05, 3.63) is 95.0 Å². The highest BCUT2D eigenvalue weighted by Crippen LogP contribution is 2.26. The summed E-state index contributed by atoms with van der Waals surface area (Å²) in [6.45, 7) is 3.33. The van der Waals surface area contributed by atoms with Gasteiger partial charge in [-0.25, -0.2) is 8.42 Å². The molecule has 40 heavy (non-hydrogen) atoms. The minimum Gasteiger partial charge on any atom is -0.352 e. The summed E-state index contributed by atoms with van der Waals surface area (Å²) in [5.41, 5.74) is 2.17. The van der Waals surface area contributed by atoms with Crippen molar-refractivity contribution in [1.29, 1.82) is 0 Å². The minimum atomic E-state index is -4.08. The Morgan fingerprint density at radius 2 is 1.62 bits per heavy atom. The molecular weight excluding hydrogens is 546 g/mol. The van der Waals surface area contributed by atoms with E-state index in [1.807, 2.05) is 25.1 Å². The Hall–Kier alpha value is -3.36. The van der Waals surface area contributed by atoms with Gasteiger partial charge in [-0.15, -0.1) is 0 Å². The molecule has 212 valence electrons. The summed E-state index contributed by atoms with van der Waals surface area (Å²) < 4.78 is 28.8. The number of halogens is 1. The molecule has 1 saturated carbocycles. The number of carbonyl (C=O) groups excluding carboxylic acids is 2. The normalized spacial score (nSPS) is 14.5. The van der Waals surface area contributed by atoms with E-state index >= 15 is 0 Å². The second-order valence-corrected chi connectivity index (χ2v) is 12.5. The van der Waals surface area contributed by atoms with Gasteiger partial charge in [0.1, 0.15) is 12.6 Å². The van der Waals surface area contributed by atoms with Gasteiger partial charge in [0.05, 0.1) is 10.6 Å². The third kappa shape index (κ3) is 7.23. The fraction of sp³-hybridized carbons (Fsp3) is 0.355. The second kappa shape index (κ2) is 13.3. The zero-order valence-corrected chi connectivity index (χ0v) is 24.5. The molecule has 1 aliphatic rings. The molecule has 1 atom stereocenters. The van der Waals surface area contributed by atoms with Crippen LogP contribution in [0, 0.1) is 0 Å². The first-order valence-corrected chi connectivity index (χ1v) is 15.5. The van der Waals surface area contributed by atoms with Gasteiger partial charge < -0.3 is 10.2 Å². The third-order valence-corrected chi connectivity index (χ3v) is 9.38. The molecule has 2 amide bonds. The molecule has 1 fully saturated rings. The lowest BCUT2D eigenvalue weighted by atomic mass is 10.1. The van der Waals surface area contributed by atoms with Gasteiger partial charge >= 0.3 is 0 Å². The predicted octanol–water partition coefficient (Wildman–Crippen LogP) is 5.57. The summed E-state index contributed by atoms with van der Waals surface area (Å²) in [5, 5.41) is 3.59. The monoisotopic (exact) mass is 581 g/mol. The third-order valence-electron chi connectivity index (χ3n) is 7.35. The van der Waals surface area contributed by atoms with E-state index in [1.54, 1.807) is 55.5 Å². The number of nitrogens with zero attached hydrogens (tertiary/aromatic N) is 2. The lowest BCUT2D eigenvalue weighted by molar-refractivity contribution is -0.139. The van der Waals surface area contributed by atoms with E-state index in [4.69, 9.17) is 11.6 Å². The zero-order valence-electron chi connectivity index (χ0n) is 22.9. The zero-order chi connectivity index (χ0) is 28.7. The smallest absolute Gasteiger partial charge is 0.264 e. The van der Waals surface area contributed by atoms with Crippen molar-refractivity contribution in [2.45, 2.75) is 69.5 Å². The van der Waals surface area contributed by atoms with Crippen LogP contribution in [0.4, 0.5) is 5.69 Å². The molecule has 0 saturated heterocycles. The van der Waals surface area contributed by atoms with E-state index in [0.717, 1.165) is 47.5 Å². The summed E-state index contributed by atoms with van der Waals surface area (Å²) >= 11 is 6.21. The van der Waals surface area contributed by atoms with Gasteiger partial charge in [0.25, 0.3) is 10.0 Å². The largest absolute Gasteiger partial charge is 0.352 e. The molecule has 3 aromatic rings. The molecular formula is C31H36ClN3O4S. The number of anilines is 1. The standard InChI is InChI=1S/C31H36ClN3O4S/c1-3-24-16-18-28(19-17-24)35(40(38,39)29-14-5-4-6-15-29)22-30(36)34(21-25-10-9-11-26(32)20-25)23(2)31(37)33-27-12-7-8-13-27/h4-6,9-11,14-20,23,27H,3,7-8,12-13,21-22H2,1-2H3,(H,33,37)/t23-/m1/s1. The molecule has 1 N–H and O–H groups in total. The van der Waals surface area contributed by atoms with Gasteiger partial charge in [0, 0.05) is 17.6 Å². The molecule has 0 bridgehead atoms. The Morgan fingerprint density at radius 1 is 0.950 bits per heavy atom. The molecule has 0 radical (unpaired) electrons. The summed E-state index contributed by atoms with van der Waals surface area (Å²) in [6, 6.07) is 21.5. The fourth-order valence-corrected chi connectivity index (χ4v) is 6.60. The second-order valence-electron chi connectivity index (χ2n) is 10.2. The highest BCUT2D eigenvalue weighted by molar-refractivity contribution is 7.92. The van der Waals surface area contributed by atoms with Crippen LogP contribution in [-0.4, -0.2) is 43.8 Å². The predicted molar refractivity (Wildman–Crippen MR) is 159 cm³/mol. The van der Waals surface area contributed by atoms with Crippen LogP contribution in [-0.2, 0) is 32.6 Å². The Labute approximate surface area is 242 Å². The topological polar surface area (TPSA) is 86.8 Å². The van der Waals surface area contributed by atoms with Gasteiger partial charge in [-0.05, 0) is 73.7 Å². The number of aryl methyl sites for hydroxylation is 1. The van der Waals surface area contributed by atoms with Gasteiger partial charge in [0.2, 0.25) is 11.8 Å². The van der Waals surface area contributed by atoms with Crippen molar-refractivity contribution < 1.29 is 18.0 Å². The lowest BCUT2D eigenvalue weighted by Gasteiger charge is -2.32. The van der Waals surface area contributed by atoms with Crippen molar-refractivity contribution in [3.8, 4) is 0 Å². The number of carbonyl (C=O) groups is 2. The van der Waals surface area contributed by atoms with Crippen molar-refractivity contribution in [2.75, 3.05) is 10.8 Å². The Morgan fingerprint density at radius 3 is 2.25 bits per heavy atom. The van der Waals surface area contributed by atoms with Gasteiger partial charge in [0.15, 0.2) is 0 Å². The quantitative estimate of drug-likeness (QED) is 0.320. The maximum absolute atomic E-state index is 14.0. The van der Waals surface area contributed by atoms with Crippen LogP contribution in [0.5, 0.6) is 0 Å². The molecule has 0 spiro atoms. The fourth-order valence-electron chi connectivity index (χ4n) is 4.95. The van der Waals surface area contributed by atoms with Crippen LogP contribution in [0.1, 0.15) is 50.7 Å². The molecule has 4 rings (SSSR count). The first kappa shape index (κ1) is 29.6. The average Bonchev–Trinajstić information content (AvgIpc) is 3.47. The Bertz CT molecular complexity index is 1410.